The van der Waals surface area contributed by atoms with E-state index in [2.05, 4.69) is 10.3 Å². The molecule has 0 heterocycles. The third-order valence-electron chi connectivity index (χ3n) is 0.889. The van der Waals surface area contributed by atoms with Gasteiger partial charge in [-0.3, -0.25) is 4.99 Å². The highest BCUT2D eigenvalue weighted by Crippen LogP contribution is 1.69. The van der Waals surface area contributed by atoms with Crippen molar-refractivity contribution in [2.45, 2.75) is 6.92 Å². The molecule has 0 aliphatic heterocycles. The number of hydrogen-bond donors (Lipinski definition) is 1. The molecule has 0 aliphatic carbocycles. The molecule has 0 aromatic heterocycles. The van der Waals surface area contributed by atoms with Crippen LogP contribution in [0.4, 0.5) is 0 Å². The van der Waals surface area contributed by atoms with Crippen molar-refractivity contribution in [3.8, 4) is 0 Å². The van der Waals surface area contributed by atoms with E-state index in [4.69, 9.17) is 10.5 Å². The Hall–Kier alpha value is -0.770. The number of hydrogen-bond acceptors (Lipinski definition) is 2. The number of nitrogens with two attached hydrogens (primary N) is 1. The second-order valence-electron chi connectivity index (χ2n) is 1.71. The third kappa shape index (κ3) is 5.37. The number of rotatable bonds is 4. The average Bonchev–Trinajstić information content (AvgIpc) is 1.89. The summed E-state index contributed by atoms with van der Waals surface area (Å²) in [4.78, 5) is 3.87. The van der Waals surface area contributed by atoms with Crippen LogP contribution in [0.5, 0.6) is 0 Å². The molecule has 0 rings (SSSR count). The van der Waals surface area contributed by atoms with Gasteiger partial charge in [-0.25, -0.2) is 5.32 Å². The molecule has 1 radical (unpaired) electrons. The molecule has 0 aliphatic rings. The number of aliphatic imine (C=N–C) groups is 1. The van der Waals surface area contributed by atoms with E-state index in [-0.39, 0.29) is 0 Å². The van der Waals surface area contributed by atoms with E-state index in [9.17, 15) is 0 Å². The Morgan fingerprint density at radius 1 is 1.60 bits per heavy atom. The lowest BCUT2D eigenvalue weighted by Gasteiger charge is -1.99. The molecule has 0 fully saturated rings. The first-order valence-electron chi connectivity index (χ1n) is 3.27. The molecule has 0 spiro atoms. The molecule has 10 heavy (non-hydrogen) atoms. The summed E-state index contributed by atoms with van der Waals surface area (Å²) >= 11 is 0. The van der Waals surface area contributed by atoms with Crippen molar-refractivity contribution >= 4 is 5.96 Å². The van der Waals surface area contributed by atoms with E-state index in [0.717, 1.165) is 0 Å². The van der Waals surface area contributed by atoms with Crippen LogP contribution in [-0.2, 0) is 4.74 Å². The molecule has 2 N–H and O–H groups in total. The third-order valence-corrected chi connectivity index (χ3v) is 0.889. The summed E-state index contributed by atoms with van der Waals surface area (Å²) < 4.78 is 4.77. The lowest BCUT2D eigenvalue weighted by atomic mass is 10.7. The lowest BCUT2D eigenvalue weighted by Crippen LogP contribution is -2.27. The van der Waals surface area contributed by atoms with Crippen LogP contribution in [0.3, 0.4) is 0 Å². The number of ether oxygens (including phenoxy) is 1. The summed E-state index contributed by atoms with van der Waals surface area (Å²) in [6.45, 7) is 3.78. The van der Waals surface area contributed by atoms with E-state index >= 15 is 0 Å². The van der Waals surface area contributed by atoms with Gasteiger partial charge in [0.2, 0.25) is 5.96 Å². The molecule has 4 heteroatoms. The van der Waals surface area contributed by atoms with E-state index in [1.54, 1.807) is 7.11 Å². The van der Waals surface area contributed by atoms with Crippen molar-refractivity contribution in [3.05, 3.63) is 0 Å². The summed E-state index contributed by atoms with van der Waals surface area (Å²) in [5.74, 6) is 0.361. The zero-order chi connectivity index (χ0) is 7.82. The van der Waals surface area contributed by atoms with E-state index in [0.29, 0.717) is 25.7 Å². The summed E-state index contributed by atoms with van der Waals surface area (Å²) in [5.41, 5.74) is 5.35. The molecule has 0 unspecified atom stereocenters. The Labute approximate surface area is 61.5 Å². The largest absolute Gasteiger partial charge is 0.383 e. The molecule has 0 aromatic carbocycles. The molecule has 0 saturated heterocycles. The Balaban J connectivity index is 3.21. The smallest absolute Gasteiger partial charge is 0.210 e. The van der Waals surface area contributed by atoms with Crippen molar-refractivity contribution in [1.82, 2.24) is 5.32 Å². The van der Waals surface area contributed by atoms with Crippen molar-refractivity contribution < 1.29 is 4.74 Å². The van der Waals surface area contributed by atoms with Gasteiger partial charge >= 0.3 is 0 Å². The summed E-state index contributed by atoms with van der Waals surface area (Å²) in [6.07, 6.45) is 0. The quantitative estimate of drug-likeness (QED) is 0.330. The van der Waals surface area contributed by atoms with Gasteiger partial charge in [-0.15, -0.1) is 0 Å². The predicted molar refractivity (Wildman–Crippen MR) is 41.0 cm³/mol. The highest BCUT2D eigenvalue weighted by molar-refractivity contribution is 5.77. The molecule has 4 nitrogen and oxygen atoms in total. The van der Waals surface area contributed by atoms with Gasteiger partial charge in [0.25, 0.3) is 0 Å². The number of guanidine groups is 1. The molecule has 59 valence electrons. The Morgan fingerprint density at radius 3 is 2.80 bits per heavy atom. The van der Waals surface area contributed by atoms with Gasteiger partial charge in [-0.2, -0.15) is 0 Å². The number of methoxy groups -OCH3 is 1. The maximum absolute atomic E-state index is 5.35. The zero-order valence-electron chi connectivity index (χ0n) is 6.50. The highest BCUT2D eigenvalue weighted by atomic mass is 16.5. The van der Waals surface area contributed by atoms with Crippen LogP contribution in [0.25, 0.3) is 0 Å². The fraction of sp³-hybridized carbons (Fsp3) is 0.833. The van der Waals surface area contributed by atoms with Gasteiger partial charge in [-0.05, 0) is 6.92 Å². The predicted octanol–water partition coefficient (Wildman–Crippen LogP) is -0.428. The monoisotopic (exact) mass is 144 g/mol. The van der Waals surface area contributed by atoms with Gasteiger partial charge in [0.05, 0.1) is 13.2 Å². The Bertz CT molecular complexity index is 103. The van der Waals surface area contributed by atoms with Gasteiger partial charge in [0.1, 0.15) is 0 Å². The van der Waals surface area contributed by atoms with Crippen LogP contribution in [-0.4, -0.2) is 32.8 Å². The molecule has 0 amide bonds. The molecule has 0 bridgehead atoms. The SMILES string of the molecule is CCN=C(N)[N]CCOC. The van der Waals surface area contributed by atoms with Crippen LogP contribution in [0, 0.1) is 0 Å². The van der Waals surface area contributed by atoms with Crippen molar-refractivity contribution in [1.29, 1.82) is 0 Å². The van der Waals surface area contributed by atoms with E-state index < -0.39 is 0 Å². The maximum Gasteiger partial charge on any atom is 0.210 e. The fourth-order valence-electron chi connectivity index (χ4n) is 0.463. The van der Waals surface area contributed by atoms with Crippen LogP contribution in [0.1, 0.15) is 6.92 Å². The minimum Gasteiger partial charge on any atom is -0.383 e. The summed E-state index contributed by atoms with van der Waals surface area (Å²) in [7, 11) is 1.63. The highest BCUT2D eigenvalue weighted by Gasteiger charge is 1.89. The van der Waals surface area contributed by atoms with Gasteiger partial charge < -0.3 is 10.5 Å². The Morgan fingerprint density at radius 2 is 2.30 bits per heavy atom. The summed E-state index contributed by atoms with van der Waals surface area (Å²) in [5, 5.41) is 3.91. The van der Waals surface area contributed by atoms with Gasteiger partial charge in [0, 0.05) is 13.7 Å². The first kappa shape index (κ1) is 9.23. The van der Waals surface area contributed by atoms with E-state index in [1.807, 2.05) is 6.92 Å². The molecular formula is C6H14N3O. The normalized spacial score (nSPS) is 11.6. The van der Waals surface area contributed by atoms with Crippen molar-refractivity contribution in [3.63, 3.8) is 0 Å². The second-order valence-corrected chi connectivity index (χ2v) is 1.71. The molecular weight excluding hydrogens is 130 g/mol. The standard InChI is InChI=1S/C6H14N3O/c1-3-8-6(7)9-4-5-10-2/h3-5H2,1-2H3,(H2,7,8). The topological polar surface area (TPSA) is 61.7 Å². The van der Waals surface area contributed by atoms with Crippen molar-refractivity contribution in [2.75, 3.05) is 26.8 Å². The summed E-state index contributed by atoms with van der Waals surface area (Å²) in [6, 6.07) is 0. The minimum atomic E-state index is 0.361. The van der Waals surface area contributed by atoms with Crippen LogP contribution in [0.2, 0.25) is 0 Å². The number of nitrogens with zero attached hydrogens (tertiary/aromatic N) is 2. The fourth-order valence-corrected chi connectivity index (χ4v) is 0.463. The molecule has 0 atom stereocenters. The van der Waals surface area contributed by atoms with E-state index in [1.165, 1.54) is 0 Å². The Kier molecular flexibility index (Phi) is 5.86. The van der Waals surface area contributed by atoms with Gasteiger partial charge in [-0.1, -0.05) is 0 Å². The molecule has 0 aromatic rings. The first-order chi connectivity index (χ1) is 4.81. The average molecular weight is 144 g/mol. The minimum absolute atomic E-state index is 0.361. The maximum atomic E-state index is 5.35. The van der Waals surface area contributed by atoms with Crippen LogP contribution < -0.4 is 11.1 Å². The van der Waals surface area contributed by atoms with Crippen molar-refractivity contribution in [2.24, 2.45) is 10.7 Å². The molecule has 0 saturated carbocycles. The van der Waals surface area contributed by atoms with Crippen LogP contribution in [0.15, 0.2) is 4.99 Å². The van der Waals surface area contributed by atoms with Gasteiger partial charge in [0.15, 0.2) is 0 Å². The van der Waals surface area contributed by atoms with Crippen LogP contribution >= 0.6 is 0 Å². The first-order valence-corrected chi connectivity index (χ1v) is 3.27. The zero-order valence-corrected chi connectivity index (χ0v) is 6.50. The second kappa shape index (κ2) is 6.35. The lowest BCUT2D eigenvalue weighted by molar-refractivity contribution is 0.203.